The van der Waals surface area contributed by atoms with E-state index in [1.54, 1.807) is 0 Å². The van der Waals surface area contributed by atoms with E-state index in [1.165, 1.54) is 24.3 Å². The average Bonchev–Trinajstić information content (AvgIpc) is 2.46. The highest BCUT2D eigenvalue weighted by Gasteiger charge is 2.32. The van der Waals surface area contributed by atoms with Crippen LogP contribution >= 0.6 is 0 Å². The Morgan fingerprint density at radius 3 is 2.10 bits per heavy atom. The lowest BCUT2D eigenvalue weighted by Crippen LogP contribution is -2.37. The fourth-order valence-electron chi connectivity index (χ4n) is 2.76. The van der Waals surface area contributed by atoms with Gasteiger partial charge >= 0.3 is 0 Å². The molecule has 1 aromatic rings. The molecule has 0 bridgehead atoms. The lowest BCUT2D eigenvalue weighted by Gasteiger charge is -2.28. The van der Waals surface area contributed by atoms with Gasteiger partial charge in [-0.05, 0) is 50.6 Å². The van der Waals surface area contributed by atoms with Crippen LogP contribution in [-0.2, 0) is 19.7 Å². The van der Waals surface area contributed by atoms with Gasteiger partial charge in [-0.3, -0.25) is 0 Å². The minimum atomic E-state index is -3.40. The minimum absolute atomic E-state index is 0.137. The van der Waals surface area contributed by atoms with Gasteiger partial charge in [0.05, 0.1) is 15.0 Å². The van der Waals surface area contributed by atoms with Gasteiger partial charge in [-0.25, -0.2) is 16.8 Å². The second kappa shape index (κ2) is 6.06. The Labute approximate surface area is 126 Å². The van der Waals surface area contributed by atoms with Crippen molar-refractivity contribution in [2.45, 2.75) is 46.8 Å². The molecule has 2 atom stereocenters. The number of nitrogens with one attached hydrogen (secondary N) is 1. The van der Waals surface area contributed by atoms with E-state index in [1.807, 2.05) is 7.05 Å². The van der Waals surface area contributed by atoms with Gasteiger partial charge in [0.1, 0.15) is 0 Å². The summed E-state index contributed by atoms with van der Waals surface area (Å²) in [6.07, 6.45) is 4.25. The first-order valence-corrected chi connectivity index (χ1v) is 10.4. The Morgan fingerprint density at radius 2 is 1.57 bits per heavy atom. The number of rotatable bonds is 4. The van der Waals surface area contributed by atoms with Crippen molar-refractivity contribution in [2.75, 3.05) is 13.3 Å². The predicted molar refractivity (Wildman–Crippen MR) is 81.8 cm³/mol. The topological polar surface area (TPSA) is 80.3 Å². The molecule has 0 aromatic heterocycles. The molecule has 1 saturated carbocycles. The fraction of sp³-hybridized carbons (Fsp3) is 0.571. The highest BCUT2D eigenvalue weighted by atomic mass is 32.2. The Hall–Kier alpha value is -0.920. The van der Waals surface area contributed by atoms with Gasteiger partial charge in [0.2, 0.25) is 0 Å². The van der Waals surface area contributed by atoms with Crippen molar-refractivity contribution in [1.29, 1.82) is 0 Å². The maximum Gasteiger partial charge on any atom is 0.181 e. The van der Waals surface area contributed by atoms with E-state index in [0.717, 1.165) is 19.1 Å². The fourth-order valence-corrected chi connectivity index (χ4v) is 5.25. The van der Waals surface area contributed by atoms with Crippen molar-refractivity contribution in [2.24, 2.45) is 0 Å². The number of benzene rings is 1. The molecule has 0 radical (unpaired) electrons. The van der Waals surface area contributed by atoms with Crippen LogP contribution < -0.4 is 5.32 Å². The molecule has 0 amide bonds. The average molecular weight is 331 g/mol. The molecular formula is C14H21NO4S2. The third-order valence-corrected chi connectivity index (χ3v) is 7.42. The summed E-state index contributed by atoms with van der Waals surface area (Å²) in [7, 11) is -4.86. The monoisotopic (exact) mass is 331 g/mol. The summed E-state index contributed by atoms with van der Waals surface area (Å²) in [5, 5.41) is 2.75. The van der Waals surface area contributed by atoms with Crippen LogP contribution in [0.1, 0.15) is 25.7 Å². The molecule has 7 heteroatoms. The zero-order valence-electron chi connectivity index (χ0n) is 12.2. The largest absolute Gasteiger partial charge is 0.317 e. The Bertz CT molecular complexity index is 693. The summed E-state index contributed by atoms with van der Waals surface area (Å²) in [6, 6.07) is 5.75. The van der Waals surface area contributed by atoms with Gasteiger partial charge in [-0.15, -0.1) is 0 Å². The normalized spacial score (nSPS) is 23.9. The van der Waals surface area contributed by atoms with Crippen LogP contribution in [0, 0.1) is 0 Å². The van der Waals surface area contributed by atoms with Crippen molar-refractivity contribution in [3.05, 3.63) is 24.3 Å². The first-order valence-electron chi connectivity index (χ1n) is 6.96. The van der Waals surface area contributed by atoms with E-state index in [2.05, 4.69) is 5.32 Å². The van der Waals surface area contributed by atoms with Gasteiger partial charge in [-0.1, -0.05) is 6.42 Å². The van der Waals surface area contributed by atoms with Crippen molar-refractivity contribution < 1.29 is 16.8 Å². The maximum atomic E-state index is 12.6. The van der Waals surface area contributed by atoms with Gasteiger partial charge in [0.15, 0.2) is 19.7 Å². The van der Waals surface area contributed by atoms with Gasteiger partial charge in [0, 0.05) is 12.3 Å². The van der Waals surface area contributed by atoms with Crippen LogP contribution in [-0.4, -0.2) is 41.4 Å². The summed E-state index contributed by atoms with van der Waals surface area (Å²) in [6.45, 7) is 0. The molecule has 118 valence electrons. The molecule has 1 N–H and O–H groups in total. The molecule has 0 spiro atoms. The minimum Gasteiger partial charge on any atom is -0.317 e. The Morgan fingerprint density at radius 1 is 1.00 bits per heavy atom. The summed E-state index contributed by atoms with van der Waals surface area (Å²) >= 11 is 0. The van der Waals surface area contributed by atoms with E-state index < -0.39 is 24.9 Å². The second-order valence-corrected chi connectivity index (χ2v) is 9.81. The van der Waals surface area contributed by atoms with Crippen LogP contribution in [0.4, 0.5) is 0 Å². The lowest BCUT2D eigenvalue weighted by atomic mass is 9.95. The van der Waals surface area contributed by atoms with E-state index in [4.69, 9.17) is 0 Å². The molecule has 0 heterocycles. The van der Waals surface area contributed by atoms with E-state index >= 15 is 0 Å². The molecular weight excluding hydrogens is 310 g/mol. The first kappa shape index (κ1) is 16.5. The molecule has 2 unspecified atom stereocenters. The van der Waals surface area contributed by atoms with Crippen molar-refractivity contribution in [3.8, 4) is 0 Å². The Kier molecular flexibility index (Phi) is 4.75. The van der Waals surface area contributed by atoms with Crippen LogP contribution in [0.3, 0.4) is 0 Å². The van der Waals surface area contributed by atoms with Crippen LogP contribution in [0.5, 0.6) is 0 Å². The number of hydrogen-bond acceptors (Lipinski definition) is 5. The molecule has 0 saturated heterocycles. The van der Waals surface area contributed by atoms with Gasteiger partial charge in [-0.2, -0.15) is 0 Å². The van der Waals surface area contributed by atoms with Gasteiger partial charge < -0.3 is 5.32 Å². The van der Waals surface area contributed by atoms with Crippen LogP contribution in [0.15, 0.2) is 34.1 Å². The van der Waals surface area contributed by atoms with Crippen molar-refractivity contribution in [1.82, 2.24) is 5.32 Å². The van der Waals surface area contributed by atoms with Crippen molar-refractivity contribution >= 4 is 19.7 Å². The molecule has 5 nitrogen and oxygen atoms in total. The lowest BCUT2D eigenvalue weighted by molar-refractivity contribution is 0.390. The molecule has 0 aliphatic heterocycles. The number of hydrogen-bond donors (Lipinski definition) is 1. The molecule has 1 aliphatic carbocycles. The summed E-state index contributed by atoms with van der Waals surface area (Å²) in [5.74, 6) is 0. The smallest absolute Gasteiger partial charge is 0.181 e. The van der Waals surface area contributed by atoms with Gasteiger partial charge in [0.25, 0.3) is 0 Å². The second-order valence-electron chi connectivity index (χ2n) is 5.56. The zero-order chi connectivity index (χ0) is 15.7. The highest BCUT2D eigenvalue weighted by molar-refractivity contribution is 7.92. The van der Waals surface area contributed by atoms with Crippen LogP contribution in [0.25, 0.3) is 0 Å². The van der Waals surface area contributed by atoms with E-state index in [9.17, 15) is 16.8 Å². The van der Waals surface area contributed by atoms with E-state index in [0.29, 0.717) is 12.8 Å². The zero-order valence-corrected chi connectivity index (χ0v) is 13.9. The maximum absolute atomic E-state index is 12.6. The SMILES string of the molecule is CNC1CCCC(S(=O)(=O)c2ccc(S(C)(=O)=O)cc2)C1. The Balaban J connectivity index is 2.27. The standard InChI is InChI=1S/C14H21NO4S2/c1-15-11-4-3-5-14(10-11)21(18,19)13-8-6-12(7-9-13)20(2,16)17/h6-9,11,14-15H,3-5,10H2,1-2H3. The molecule has 1 fully saturated rings. The summed E-state index contributed by atoms with van der Waals surface area (Å²) in [4.78, 5) is 0.342. The van der Waals surface area contributed by atoms with Crippen LogP contribution in [0.2, 0.25) is 0 Å². The third-order valence-electron chi connectivity index (χ3n) is 4.05. The number of sulfone groups is 2. The summed E-state index contributed by atoms with van der Waals surface area (Å²) < 4.78 is 48.1. The summed E-state index contributed by atoms with van der Waals surface area (Å²) in [5.41, 5.74) is 0. The molecule has 1 aromatic carbocycles. The molecule has 21 heavy (non-hydrogen) atoms. The van der Waals surface area contributed by atoms with E-state index in [-0.39, 0.29) is 15.8 Å². The highest BCUT2D eigenvalue weighted by Crippen LogP contribution is 2.29. The predicted octanol–water partition coefficient (Wildman–Crippen LogP) is 1.39. The third kappa shape index (κ3) is 3.64. The molecule has 2 rings (SSSR count). The first-order chi connectivity index (χ1) is 9.75. The van der Waals surface area contributed by atoms with Crippen molar-refractivity contribution in [3.63, 3.8) is 0 Å². The quantitative estimate of drug-likeness (QED) is 0.902. The molecule has 1 aliphatic rings.